The molecule has 0 radical (unpaired) electrons. The molecule has 2 N–H and O–H groups in total. The number of Topliss-reactive ketones (excluding diaryl/α,β-unsaturated/α-hetero) is 1. The zero-order valence-corrected chi connectivity index (χ0v) is 11.1. The molecule has 1 aromatic rings. The molecule has 1 aromatic carbocycles. The first kappa shape index (κ1) is 15.5. The molecule has 5 heteroatoms. The van der Waals surface area contributed by atoms with Crippen molar-refractivity contribution >= 4 is 11.5 Å². The first-order valence-corrected chi connectivity index (χ1v) is 6.09. The summed E-state index contributed by atoms with van der Waals surface area (Å²) in [5.74, 6) is -0.0955. The SMILES string of the molecule is CC(=O)CCCC(C)(c1ccc(N)cc1)C(F)(F)F. The lowest BCUT2D eigenvalue weighted by Crippen LogP contribution is -2.39. The highest BCUT2D eigenvalue weighted by Crippen LogP contribution is 2.44. The van der Waals surface area contributed by atoms with Crippen LogP contribution in [0.1, 0.15) is 38.7 Å². The van der Waals surface area contributed by atoms with Crippen LogP contribution in [-0.2, 0) is 10.2 Å². The van der Waals surface area contributed by atoms with E-state index in [2.05, 4.69) is 0 Å². The molecular weight excluding hydrogens is 255 g/mol. The van der Waals surface area contributed by atoms with Crippen LogP contribution >= 0.6 is 0 Å². The third-order valence-electron chi connectivity index (χ3n) is 3.38. The molecule has 0 bridgehead atoms. The second-order valence-electron chi connectivity index (χ2n) is 5.01. The quantitative estimate of drug-likeness (QED) is 0.828. The average molecular weight is 273 g/mol. The summed E-state index contributed by atoms with van der Waals surface area (Å²) in [5.41, 5.74) is 4.15. The number of hydrogen-bond acceptors (Lipinski definition) is 2. The molecule has 0 saturated heterocycles. The van der Waals surface area contributed by atoms with Crippen molar-refractivity contribution < 1.29 is 18.0 Å². The summed E-state index contributed by atoms with van der Waals surface area (Å²) >= 11 is 0. The number of nitrogen functional groups attached to an aromatic ring is 1. The lowest BCUT2D eigenvalue weighted by atomic mass is 9.77. The van der Waals surface area contributed by atoms with Crippen molar-refractivity contribution in [2.75, 3.05) is 5.73 Å². The fourth-order valence-electron chi connectivity index (χ4n) is 1.99. The van der Waals surface area contributed by atoms with Crippen LogP contribution in [0.5, 0.6) is 0 Å². The molecule has 0 saturated carbocycles. The molecule has 0 aliphatic carbocycles. The van der Waals surface area contributed by atoms with Crippen LogP contribution in [-0.4, -0.2) is 12.0 Å². The summed E-state index contributed by atoms with van der Waals surface area (Å²) in [5, 5.41) is 0. The molecule has 106 valence electrons. The highest BCUT2D eigenvalue weighted by molar-refractivity contribution is 5.75. The van der Waals surface area contributed by atoms with E-state index < -0.39 is 11.6 Å². The first-order valence-electron chi connectivity index (χ1n) is 6.09. The maximum Gasteiger partial charge on any atom is 0.398 e. The number of anilines is 1. The molecule has 1 unspecified atom stereocenters. The minimum absolute atomic E-state index is 0.0955. The van der Waals surface area contributed by atoms with Crippen LogP contribution in [0.4, 0.5) is 18.9 Å². The standard InChI is InChI=1S/C14H18F3NO/c1-10(19)4-3-9-13(2,14(15,16)17)11-5-7-12(18)8-6-11/h5-8H,3-4,9,18H2,1-2H3. The van der Waals surface area contributed by atoms with E-state index in [1.807, 2.05) is 0 Å². The molecule has 0 spiro atoms. The van der Waals surface area contributed by atoms with Gasteiger partial charge in [0.1, 0.15) is 5.78 Å². The predicted molar refractivity (Wildman–Crippen MR) is 68.8 cm³/mol. The highest BCUT2D eigenvalue weighted by atomic mass is 19.4. The molecular formula is C14H18F3NO. The molecule has 0 amide bonds. The number of rotatable bonds is 5. The maximum atomic E-state index is 13.3. The Kier molecular flexibility index (Phi) is 4.61. The summed E-state index contributed by atoms with van der Waals surface area (Å²) in [6.45, 7) is 2.55. The number of carbonyl (C=O) groups excluding carboxylic acids is 1. The topological polar surface area (TPSA) is 43.1 Å². The van der Waals surface area contributed by atoms with E-state index in [1.165, 1.54) is 38.1 Å². The Hall–Kier alpha value is -1.52. The Bertz CT molecular complexity index is 439. The van der Waals surface area contributed by atoms with Crippen LogP contribution in [0.25, 0.3) is 0 Å². The molecule has 19 heavy (non-hydrogen) atoms. The van der Waals surface area contributed by atoms with Crippen molar-refractivity contribution in [1.82, 2.24) is 0 Å². The van der Waals surface area contributed by atoms with Gasteiger partial charge in [0.05, 0.1) is 5.41 Å². The van der Waals surface area contributed by atoms with E-state index in [0.29, 0.717) is 5.69 Å². The lowest BCUT2D eigenvalue weighted by molar-refractivity contribution is -0.188. The molecule has 1 atom stereocenters. The van der Waals surface area contributed by atoms with Gasteiger partial charge in [-0.3, -0.25) is 0 Å². The fraction of sp³-hybridized carbons (Fsp3) is 0.500. The van der Waals surface area contributed by atoms with Crippen LogP contribution in [0.15, 0.2) is 24.3 Å². The molecule has 2 nitrogen and oxygen atoms in total. The number of halogens is 3. The van der Waals surface area contributed by atoms with Gasteiger partial charge >= 0.3 is 6.18 Å². The normalized spacial score (nSPS) is 15.0. The van der Waals surface area contributed by atoms with Crippen LogP contribution in [0.2, 0.25) is 0 Å². The van der Waals surface area contributed by atoms with Gasteiger partial charge in [0.15, 0.2) is 0 Å². The second kappa shape index (κ2) is 5.63. The monoisotopic (exact) mass is 273 g/mol. The highest BCUT2D eigenvalue weighted by Gasteiger charge is 2.51. The van der Waals surface area contributed by atoms with Gasteiger partial charge in [0.2, 0.25) is 0 Å². The Morgan fingerprint density at radius 3 is 2.16 bits per heavy atom. The van der Waals surface area contributed by atoms with E-state index in [-0.39, 0.29) is 30.6 Å². The Balaban J connectivity index is 2.99. The van der Waals surface area contributed by atoms with Crippen LogP contribution in [0.3, 0.4) is 0 Å². The first-order chi connectivity index (χ1) is 8.67. The minimum Gasteiger partial charge on any atom is -0.399 e. The van der Waals surface area contributed by atoms with Crippen molar-refractivity contribution in [2.45, 2.75) is 44.7 Å². The van der Waals surface area contributed by atoms with E-state index in [1.54, 1.807) is 0 Å². The number of nitrogens with two attached hydrogens (primary N) is 1. The minimum atomic E-state index is -4.36. The largest absolute Gasteiger partial charge is 0.399 e. The van der Waals surface area contributed by atoms with Crippen molar-refractivity contribution in [1.29, 1.82) is 0 Å². The van der Waals surface area contributed by atoms with E-state index >= 15 is 0 Å². The zero-order chi connectivity index (χ0) is 14.7. The average Bonchev–Trinajstić information content (AvgIpc) is 2.27. The molecule has 1 rings (SSSR count). The van der Waals surface area contributed by atoms with E-state index in [9.17, 15) is 18.0 Å². The Morgan fingerprint density at radius 2 is 1.74 bits per heavy atom. The summed E-state index contributed by atoms with van der Waals surface area (Å²) in [4.78, 5) is 10.9. The third kappa shape index (κ3) is 3.72. The van der Waals surface area contributed by atoms with Crippen molar-refractivity contribution in [2.24, 2.45) is 0 Å². The van der Waals surface area contributed by atoms with E-state index in [0.717, 1.165) is 0 Å². The fourth-order valence-corrected chi connectivity index (χ4v) is 1.99. The predicted octanol–water partition coefficient (Wildman–Crippen LogP) is 3.85. The number of hydrogen-bond donors (Lipinski definition) is 1. The molecule has 0 fully saturated rings. The van der Waals surface area contributed by atoms with Crippen LogP contribution in [0, 0.1) is 0 Å². The van der Waals surface area contributed by atoms with E-state index in [4.69, 9.17) is 5.73 Å². The van der Waals surface area contributed by atoms with Crippen LogP contribution < -0.4 is 5.73 Å². The van der Waals surface area contributed by atoms with Crippen molar-refractivity contribution in [3.05, 3.63) is 29.8 Å². The van der Waals surface area contributed by atoms with Crippen molar-refractivity contribution in [3.63, 3.8) is 0 Å². The Labute approximate surface area is 110 Å². The number of ketones is 1. The molecule has 0 aliphatic heterocycles. The lowest BCUT2D eigenvalue weighted by Gasteiger charge is -2.32. The third-order valence-corrected chi connectivity index (χ3v) is 3.38. The second-order valence-corrected chi connectivity index (χ2v) is 5.01. The van der Waals surface area contributed by atoms with Gasteiger partial charge in [-0.25, -0.2) is 0 Å². The van der Waals surface area contributed by atoms with Gasteiger partial charge < -0.3 is 10.5 Å². The number of benzene rings is 1. The molecule has 0 aliphatic rings. The summed E-state index contributed by atoms with van der Waals surface area (Å²) in [6.07, 6.45) is -4.09. The zero-order valence-electron chi connectivity index (χ0n) is 11.1. The molecule has 0 aromatic heterocycles. The van der Waals surface area contributed by atoms with Gasteiger partial charge in [0.25, 0.3) is 0 Å². The van der Waals surface area contributed by atoms with Gasteiger partial charge in [-0.15, -0.1) is 0 Å². The van der Waals surface area contributed by atoms with Gasteiger partial charge in [-0.2, -0.15) is 13.2 Å². The summed E-state index contributed by atoms with van der Waals surface area (Å²) < 4.78 is 39.9. The van der Waals surface area contributed by atoms with Crippen molar-refractivity contribution in [3.8, 4) is 0 Å². The maximum absolute atomic E-state index is 13.3. The smallest absolute Gasteiger partial charge is 0.398 e. The summed E-state index contributed by atoms with van der Waals surface area (Å²) in [6, 6.07) is 5.72. The Morgan fingerprint density at radius 1 is 1.21 bits per heavy atom. The number of carbonyl (C=O) groups is 1. The van der Waals surface area contributed by atoms with Gasteiger partial charge in [-0.05, 0) is 44.4 Å². The summed E-state index contributed by atoms with van der Waals surface area (Å²) in [7, 11) is 0. The molecule has 0 heterocycles. The van der Waals surface area contributed by atoms with Gasteiger partial charge in [-0.1, -0.05) is 12.1 Å². The van der Waals surface area contributed by atoms with Gasteiger partial charge in [0, 0.05) is 12.1 Å². The number of alkyl halides is 3.